The van der Waals surface area contributed by atoms with Crippen molar-refractivity contribution >= 4 is 5.65 Å². The highest BCUT2D eigenvalue weighted by atomic mass is 19.4. The first-order valence-corrected chi connectivity index (χ1v) is 3.72. The first kappa shape index (κ1) is 8.86. The van der Waals surface area contributed by atoms with Crippen LogP contribution in [0.3, 0.4) is 0 Å². The Kier molecular flexibility index (Phi) is 1.67. The van der Waals surface area contributed by atoms with Crippen LogP contribution in [0.1, 0.15) is 5.56 Å². The highest BCUT2D eigenvalue weighted by Gasteiger charge is 2.30. The zero-order chi connectivity index (χ0) is 10.3. The maximum absolute atomic E-state index is 12.2. The van der Waals surface area contributed by atoms with Gasteiger partial charge >= 0.3 is 6.18 Å². The maximum Gasteiger partial charge on any atom is 0.416 e. The van der Waals surface area contributed by atoms with Crippen molar-refractivity contribution in [1.82, 2.24) is 9.38 Å². The average Bonchev–Trinajstić information content (AvgIpc) is 2.41. The van der Waals surface area contributed by atoms with Crippen LogP contribution in [-0.2, 0) is 6.18 Å². The number of aromatic hydroxyl groups is 1. The number of hydrogen-bond donors (Lipinski definition) is 1. The Morgan fingerprint density at radius 3 is 2.71 bits per heavy atom. The van der Waals surface area contributed by atoms with Crippen molar-refractivity contribution < 1.29 is 18.3 Å². The fourth-order valence-corrected chi connectivity index (χ4v) is 1.14. The Balaban J connectivity index is 2.62. The molecule has 0 aromatic carbocycles. The number of fused-ring (bicyclic) bond motifs is 1. The summed E-state index contributed by atoms with van der Waals surface area (Å²) in [4.78, 5) is 3.51. The number of aromatic nitrogens is 2. The maximum atomic E-state index is 12.2. The van der Waals surface area contributed by atoms with Crippen LogP contribution in [-0.4, -0.2) is 14.5 Å². The molecule has 0 radical (unpaired) electrons. The van der Waals surface area contributed by atoms with Crippen LogP contribution >= 0.6 is 0 Å². The molecular weight excluding hydrogens is 197 g/mol. The standard InChI is InChI=1S/C8H5F3N2O/c9-8(10,11)5-1-2-13-4-7(14)12-6(13)3-5/h1-4,14H. The zero-order valence-corrected chi connectivity index (χ0v) is 6.78. The molecule has 0 aliphatic carbocycles. The number of imidazole rings is 1. The smallest absolute Gasteiger partial charge is 0.416 e. The molecule has 0 unspecified atom stereocenters. The summed E-state index contributed by atoms with van der Waals surface area (Å²) in [5.41, 5.74) is -0.715. The first-order valence-electron chi connectivity index (χ1n) is 3.72. The summed E-state index contributed by atoms with van der Waals surface area (Å²) in [6.45, 7) is 0. The highest BCUT2D eigenvalue weighted by molar-refractivity contribution is 5.44. The summed E-state index contributed by atoms with van der Waals surface area (Å²) < 4.78 is 38.0. The van der Waals surface area contributed by atoms with Gasteiger partial charge in [-0.15, -0.1) is 0 Å². The van der Waals surface area contributed by atoms with Crippen LogP contribution in [0, 0.1) is 0 Å². The molecule has 2 aromatic heterocycles. The van der Waals surface area contributed by atoms with Gasteiger partial charge in [0, 0.05) is 6.20 Å². The molecule has 0 bridgehead atoms. The molecule has 0 fully saturated rings. The largest absolute Gasteiger partial charge is 0.492 e. The lowest BCUT2D eigenvalue weighted by molar-refractivity contribution is -0.137. The van der Waals surface area contributed by atoms with Gasteiger partial charge in [-0.3, -0.25) is 0 Å². The molecule has 0 saturated carbocycles. The van der Waals surface area contributed by atoms with Gasteiger partial charge in [0.1, 0.15) is 5.65 Å². The quantitative estimate of drug-likeness (QED) is 0.709. The number of hydrogen-bond acceptors (Lipinski definition) is 2. The van der Waals surface area contributed by atoms with Crippen LogP contribution in [0.5, 0.6) is 5.88 Å². The summed E-state index contributed by atoms with van der Waals surface area (Å²) in [5.74, 6) is -0.302. The second-order valence-electron chi connectivity index (χ2n) is 2.78. The van der Waals surface area contributed by atoms with Gasteiger partial charge in [-0.05, 0) is 12.1 Å². The van der Waals surface area contributed by atoms with Gasteiger partial charge in [-0.2, -0.15) is 18.2 Å². The Bertz CT molecular complexity index is 475. The van der Waals surface area contributed by atoms with E-state index in [4.69, 9.17) is 5.11 Å². The number of pyridine rings is 1. The van der Waals surface area contributed by atoms with Crippen molar-refractivity contribution in [1.29, 1.82) is 0 Å². The molecule has 2 rings (SSSR count). The Hall–Kier alpha value is -1.72. The van der Waals surface area contributed by atoms with Crippen molar-refractivity contribution in [2.75, 3.05) is 0 Å². The van der Waals surface area contributed by atoms with E-state index in [1.54, 1.807) is 0 Å². The molecule has 1 N–H and O–H groups in total. The second kappa shape index (κ2) is 2.63. The van der Waals surface area contributed by atoms with Gasteiger partial charge in [0.25, 0.3) is 0 Å². The molecule has 0 amide bonds. The normalized spacial score (nSPS) is 12.2. The van der Waals surface area contributed by atoms with E-state index in [1.165, 1.54) is 16.8 Å². The molecule has 0 spiro atoms. The molecule has 2 heterocycles. The minimum Gasteiger partial charge on any atom is -0.492 e. The molecule has 0 aliphatic heterocycles. The molecule has 0 aliphatic rings. The number of halogens is 3. The Morgan fingerprint density at radius 2 is 2.07 bits per heavy atom. The summed E-state index contributed by atoms with van der Waals surface area (Å²) >= 11 is 0. The minimum atomic E-state index is -4.39. The number of rotatable bonds is 0. The van der Waals surface area contributed by atoms with Crippen LogP contribution in [0.15, 0.2) is 24.5 Å². The third kappa shape index (κ3) is 1.39. The molecule has 2 aromatic rings. The first-order chi connectivity index (χ1) is 6.47. The third-order valence-corrected chi connectivity index (χ3v) is 1.77. The van der Waals surface area contributed by atoms with Crippen molar-refractivity contribution in [3.05, 3.63) is 30.1 Å². The van der Waals surface area contributed by atoms with Crippen LogP contribution in [0.4, 0.5) is 13.2 Å². The molecule has 14 heavy (non-hydrogen) atoms. The second-order valence-corrected chi connectivity index (χ2v) is 2.78. The third-order valence-electron chi connectivity index (χ3n) is 1.77. The average molecular weight is 202 g/mol. The fraction of sp³-hybridized carbons (Fsp3) is 0.125. The lowest BCUT2D eigenvalue weighted by Gasteiger charge is -2.05. The topological polar surface area (TPSA) is 37.5 Å². The van der Waals surface area contributed by atoms with Crippen LogP contribution < -0.4 is 0 Å². The molecule has 74 valence electrons. The molecule has 0 atom stereocenters. The van der Waals surface area contributed by atoms with Gasteiger partial charge < -0.3 is 9.51 Å². The Labute approximate surface area is 76.4 Å². The van der Waals surface area contributed by atoms with Crippen molar-refractivity contribution in [3.63, 3.8) is 0 Å². The van der Waals surface area contributed by atoms with Crippen molar-refractivity contribution in [2.24, 2.45) is 0 Å². The van der Waals surface area contributed by atoms with Gasteiger partial charge in [0.05, 0.1) is 11.8 Å². The number of nitrogens with zero attached hydrogens (tertiary/aromatic N) is 2. The van der Waals surface area contributed by atoms with E-state index in [1.807, 2.05) is 0 Å². The summed E-state index contributed by atoms with van der Waals surface area (Å²) in [7, 11) is 0. The van der Waals surface area contributed by atoms with E-state index >= 15 is 0 Å². The summed E-state index contributed by atoms with van der Waals surface area (Å²) in [6, 6.07) is 1.80. The monoisotopic (exact) mass is 202 g/mol. The Morgan fingerprint density at radius 1 is 1.36 bits per heavy atom. The fourth-order valence-electron chi connectivity index (χ4n) is 1.14. The number of alkyl halides is 3. The SMILES string of the molecule is Oc1cn2ccc(C(F)(F)F)cc2n1. The zero-order valence-electron chi connectivity index (χ0n) is 6.78. The van der Waals surface area contributed by atoms with Gasteiger partial charge in [-0.25, -0.2) is 0 Å². The van der Waals surface area contributed by atoms with E-state index in [0.717, 1.165) is 12.1 Å². The van der Waals surface area contributed by atoms with E-state index in [2.05, 4.69) is 4.98 Å². The molecular formula is C8H5F3N2O. The van der Waals surface area contributed by atoms with Crippen LogP contribution in [0.25, 0.3) is 5.65 Å². The predicted octanol–water partition coefficient (Wildman–Crippen LogP) is 2.06. The predicted molar refractivity (Wildman–Crippen MR) is 41.9 cm³/mol. The molecule has 0 saturated heterocycles. The highest BCUT2D eigenvalue weighted by Crippen LogP contribution is 2.29. The minimum absolute atomic E-state index is 0.0670. The van der Waals surface area contributed by atoms with Gasteiger partial charge in [0.2, 0.25) is 5.88 Å². The molecule has 6 heteroatoms. The van der Waals surface area contributed by atoms with Crippen molar-refractivity contribution in [2.45, 2.75) is 6.18 Å². The van der Waals surface area contributed by atoms with E-state index < -0.39 is 11.7 Å². The summed E-state index contributed by atoms with van der Waals surface area (Å²) in [5, 5.41) is 8.94. The van der Waals surface area contributed by atoms with Crippen LogP contribution in [0.2, 0.25) is 0 Å². The van der Waals surface area contributed by atoms with Gasteiger partial charge in [0.15, 0.2) is 0 Å². The van der Waals surface area contributed by atoms with Gasteiger partial charge in [-0.1, -0.05) is 0 Å². The summed E-state index contributed by atoms with van der Waals surface area (Å²) in [6.07, 6.45) is -1.95. The van der Waals surface area contributed by atoms with E-state index in [9.17, 15) is 13.2 Å². The lowest BCUT2D eigenvalue weighted by atomic mass is 10.2. The lowest BCUT2D eigenvalue weighted by Crippen LogP contribution is -2.05. The van der Waals surface area contributed by atoms with E-state index in [0.29, 0.717) is 0 Å². The van der Waals surface area contributed by atoms with E-state index in [-0.39, 0.29) is 11.5 Å². The van der Waals surface area contributed by atoms with Crippen molar-refractivity contribution in [3.8, 4) is 5.88 Å². The molecule has 3 nitrogen and oxygen atoms in total.